The molecule has 0 amide bonds. The van der Waals surface area contributed by atoms with Crippen molar-refractivity contribution in [3.05, 3.63) is 93.9 Å². The highest BCUT2D eigenvalue weighted by Crippen LogP contribution is 2.52. The van der Waals surface area contributed by atoms with Crippen molar-refractivity contribution in [1.82, 2.24) is 9.55 Å². The molecule has 34 heavy (non-hydrogen) atoms. The van der Waals surface area contributed by atoms with Crippen LogP contribution in [0.15, 0.2) is 60.8 Å². The van der Waals surface area contributed by atoms with E-state index in [1.807, 2.05) is 24.3 Å². The van der Waals surface area contributed by atoms with E-state index in [9.17, 15) is 4.79 Å². The van der Waals surface area contributed by atoms with Gasteiger partial charge in [0.1, 0.15) is 5.69 Å². The fourth-order valence-electron chi connectivity index (χ4n) is 5.44. The second-order valence-corrected chi connectivity index (χ2v) is 8.94. The lowest BCUT2D eigenvalue weighted by Crippen LogP contribution is -2.32. The van der Waals surface area contributed by atoms with Crippen LogP contribution in [0.4, 0.5) is 5.69 Å². The topological polar surface area (TPSA) is 47.4 Å². The number of hydrogen-bond acceptors (Lipinski definition) is 4. The number of pyridine rings is 1. The molecule has 0 radical (unpaired) electrons. The number of aryl methyl sites for hydroxylation is 1. The molecule has 0 saturated heterocycles. The number of ether oxygens (including phenoxy) is 1. The number of halogens is 1. The molecular weight excluding hydrogens is 446 g/mol. The highest BCUT2D eigenvalue weighted by atomic mass is 35.5. The van der Waals surface area contributed by atoms with Gasteiger partial charge in [-0.3, -0.25) is 4.98 Å². The van der Waals surface area contributed by atoms with Crippen molar-refractivity contribution >= 4 is 34.2 Å². The van der Waals surface area contributed by atoms with Crippen LogP contribution >= 0.6 is 11.6 Å². The van der Waals surface area contributed by atoms with Crippen molar-refractivity contribution in [3.63, 3.8) is 0 Å². The maximum Gasteiger partial charge on any atom is 0.341 e. The van der Waals surface area contributed by atoms with Crippen LogP contribution in [0.1, 0.15) is 53.6 Å². The van der Waals surface area contributed by atoms with Gasteiger partial charge in [0, 0.05) is 59.2 Å². The first-order valence-electron chi connectivity index (χ1n) is 11.8. The maximum atomic E-state index is 13.2. The van der Waals surface area contributed by atoms with E-state index in [4.69, 9.17) is 21.3 Å². The Morgan fingerprint density at radius 1 is 1.06 bits per heavy atom. The fraction of sp³-hybridized carbons (Fsp3) is 0.286. The molecule has 3 heterocycles. The summed E-state index contributed by atoms with van der Waals surface area (Å²) in [6.45, 7) is 11.0. The summed E-state index contributed by atoms with van der Waals surface area (Å²) in [5, 5.41) is 1.57. The van der Waals surface area contributed by atoms with Gasteiger partial charge >= 0.3 is 5.97 Å². The van der Waals surface area contributed by atoms with E-state index in [-0.39, 0.29) is 5.97 Å². The summed E-state index contributed by atoms with van der Waals surface area (Å²) in [6, 6.07) is 17.8. The Morgan fingerprint density at radius 2 is 1.82 bits per heavy atom. The highest BCUT2D eigenvalue weighted by molar-refractivity contribution is 6.32. The summed E-state index contributed by atoms with van der Waals surface area (Å²) in [5.74, 6) is -0.389. The van der Waals surface area contributed by atoms with Gasteiger partial charge in [0.15, 0.2) is 0 Å². The lowest BCUT2D eigenvalue weighted by Gasteiger charge is -2.31. The molecule has 1 atom stereocenters. The predicted molar refractivity (Wildman–Crippen MR) is 137 cm³/mol. The van der Waals surface area contributed by atoms with E-state index in [0.717, 1.165) is 53.0 Å². The molecule has 0 bridgehead atoms. The number of aromatic nitrogens is 2. The van der Waals surface area contributed by atoms with Crippen molar-refractivity contribution in [3.8, 4) is 0 Å². The van der Waals surface area contributed by atoms with Crippen molar-refractivity contribution in [2.75, 3.05) is 18.0 Å². The third-order valence-corrected chi connectivity index (χ3v) is 7.28. The first-order valence-corrected chi connectivity index (χ1v) is 12.2. The van der Waals surface area contributed by atoms with Crippen LogP contribution in [-0.4, -0.2) is 28.6 Å². The van der Waals surface area contributed by atoms with Crippen LogP contribution in [0.25, 0.3) is 10.9 Å². The SMILES string of the molecule is CCN(CC)c1ccc(C2(c3c(C)n(CC)c4ccccc34)OC(=O)c3cccnc32)c(Cl)c1. The summed E-state index contributed by atoms with van der Waals surface area (Å²) < 4.78 is 8.61. The van der Waals surface area contributed by atoms with Crippen LogP contribution in [-0.2, 0) is 16.9 Å². The molecular formula is C28H28ClN3O2. The zero-order chi connectivity index (χ0) is 24.0. The summed E-state index contributed by atoms with van der Waals surface area (Å²) in [6.07, 6.45) is 1.71. The minimum atomic E-state index is -1.24. The Labute approximate surface area is 204 Å². The van der Waals surface area contributed by atoms with Crippen molar-refractivity contribution in [2.24, 2.45) is 0 Å². The Bertz CT molecular complexity index is 1410. The number of nitrogens with zero attached hydrogens (tertiary/aromatic N) is 3. The molecule has 0 spiro atoms. The monoisotopic (exact) mass is 473 g/mol. The molecule has 0 fully saturated rings. The molecule has 6 heteroatoms. The number of hydrogen-bond donors (Lipinski definition) is 0. The van der Waals surface area contributed by atoms with Gasteiger partial charge in [-0.2, -0.15) is 0 Å². The van der Waals surface area contributed by atoms with Crippen LogP contribution in [0, 0.1) is 6.92 Å². The lowest BCUT2D eigenvalue weighted by atomic mass is 9.81. The Hall–Kier alpha value is -3.31. The zero-order valence-electron chi connectivity index (χ0n) is 19.9. The van der Waals surface area contributed by atoms with E-state index < -0.39 is 5.60 Å². The molecule has 2 aromatic carbocycles. The second kappa shape index (κ2) is 8.48. The maximum absolute atomic E-state index is 13.2. The zero-order valence-corrected chi connectivity index (χ0v) is 20.7. The summed E-state index contributed by atoms with van der Waals surface area (Å²) in [4.78, 5) is 20.2. The highest BCUT2D eigenvalue weighted by Gasteiger charge is 2.53. The molecule has 1 aliphatic rings. The van der Waals surface area contributed by atoms with Crippen LogP contribution in [0.2, 0.25) is 5.02 Å². The molecule has 0 saturated carbocycles. The van der Waals surface area contributed by atoms with E-state index >= 15 is 0 Å². The average molecular weight is 474 g/mol. The minimum absolute atomic E-state index is 0.389. The molecule has 174 valence electrons. The average Bonchev–Trinajstić information content (AvgIpc) is 3.31. The minimum Gasteiger partial charge on any atom is -0.439 e. The van der Waals surface area contributed by atoms with E-state index in [2.05, 4.69) is 55.4 Å². The Kier molecular flexibility index (Phi) is 5.61. The number of carbonyl (C=O) groups is 1. The van der Waals surface area contributed by atoms with Crippen molar-refractivity contribution < 1.29 is 9.53 Å². The van der Waals surface area contributed by atoms with Gasteiger partial charge in [0.05, 0.1) is 10.6 Å². The number of esters is 1. The largest absolute Gasteiger partial charge is 0.439 e. The summed E-state index contributed by atoms with van der Waals surface area (Å²) in [5.41, 5.74) is 4.60. The first-order chi connectivity index (χ1) is 16.5. The number of rotatable bonds is 6. The predicted octanol–water partition coefficient (Wildman–Crippen LogP) is 6.33. The van der Waals surface area contributed by atoms with E-state index in [1.165, 1.54) is 0 Å². The van der Waals surface area contributed by atoms with Crippen LogP contribution in [0.5, 0.6) is 0 Å². The molecule has 1 unspecified atom stereocenters. The standard InChI is InChI=1S/C28H28ClN3O2/c1-5-31(6-2)19-14-15-22(23(29)17-19)28(26-21(27(33)34-28)12-10-16-30-26)25-18(4)32(7-3)24-13-9-8-11-20(24)25/h8-17H,5-7H2,1-4H3. The third kappa shape index (κ3) is 3.07. The molecule has 5 nitrogen and oxygen atoms in total. The molecule has 5 rings (SSSR count). The number of anilines is 1. The van der Waals surface area contributed by atoms with Gasteiger partial charge in [-0.05, 0) is 58.0 Å². The molecule has 2 aromatic heterocycles. The van der Waals surface area contributed by atoms with Crippen molar-refractivity contribution in [2.45, 2.75) is 39.8 Å². The lowest BCUT2D eigenvalue weighted by molar-refractivity contribution is 0.0246. The second-order valence-electron chi connectivity index (χ2n) is 8.53. The molecule has 4 aromatic rings. The van der Waals surface area contributed by atoms with Gasteiger partial charge in [-0.25, -0.2) is 4.79 Å². The number of carbonyl (C=O) groups excluding carboxylic acids is 1. The summed E-state index contributed by atoms with van der Waals surface area (Å²) in [7, 11) is 0. The van der Waals surface area contributed by atoms with Crippen LogP contribution < -0.4 is 4.90 Å². The summed E-state index contributed by atoms with van der Waals surface area (Å²) >= 11 is 7.01. The van der Waals surface area contributed by atoms with Gasteiger partial charge in [0.25, 0.3) is 0 Å². The normalized spacial score (nSPS) is 17.1. The smallest absolute Gasteiger partial charge is 0.341 e. The fourth-order valence-corrected chi connectivity index (χ4v) is 5.75. The van der Waals surface area contributed by atoms with Crippen LogP contribution in [0.3, 0.4) is 0 Å². The quantitative estimate of drug-likeness (QED) is 0.307. The van der Waals surface area contributed by atoms with Gasteiger partial charge in [-0.1, -0.05) is 35.9 Å². The first kappa shape index (κ1) is 22.5. The van der Waals surface area contributed by atoms with E-state index in [1.54, 1.807) is 18.3 Å². The number of para-hydroxylation sites is 1. The number of benzene rings is 2. The third-order valence-electron chi connectivity index (χ3n) is 6.97. The Morgan fingerprint density at radius 3 is 2.53 bits per heavy atom. The number of fused-ring (bicyclic) bond motifs is 2. The van der Waals surface area contributed by atoms with Gasteiger partial charge in [-0.15, -0.1) is 0 Å². The molecule has 0 N–H and O–H groups in total. The van der Waals surface area contributed by atoms with Crippen molar-refractivity contribution in [1.29, 1.82) is 0 Å². The number of cyclic esters (lactones) is 1. The molecule has 0 aliphatic carbocycles. The van der Waals surface area contributed by atoms with E-state index in [0.29, 0.717) is 16.3 Å². The Balaban J connectivity index is 1.88. The molecule has 1 aliphatic heterocycles. The van der Waals surface area contributed by atoms with Gasteiger partial charge in [0.2, 0.25) is 5.60 Å². The van der Waals surface area contributed by atoms with Gasteiger partial charge < -0.3 is 14.2 Å².